The Balaban J connectivity index is 0.743. The van der Waals surface area contributed by atoms with Gasteiger partial charge in [-0.2, -0.15) is 4.98 Å². The zero-order valence-corrected chi connectivity index (χ0v) is 37.9. The van der Waals surface area contributed by atoms with Crippen molar-refractivity contribution in [2.75, 3.05) is 36.0 Å². The fourth-order valence-electron chi connectivity index (χ4n) is 10.7. The topological polar surface area (TPSA) is 165 Å². The van der Waals surface area contributed by atoms with Crippen molar-refractivity contribution in [2.24, 2.45) is 5.92 Å². The first-order chi connectivity index (χ1) is 31.3. The Hall–Kier alpha value is -6.41. The molecule has 3 N–H and O–H groups in total. The lowest BCUT2D eigenvalue weighted by molar-refractivity contribution is -0.120. The molecular weight excluding hydrogens is 817 g/mol. The number of aromatic amines is 1. The average Bonchev–Trinajstić information content (AvgIpc) is 4.03. The van der Waals surface area contributed by atoms with Gasteiger partial charge in [0.25, 0.3) is 0 Å². The van der Waals surface area contributed by atoms with Crippen molar-refractivity contribution in [3.8, 4) is 22.5 Å². The fourth-order valence-corrected chi connectivity index (χ4v) is 10.7. The van der Waals surface area contributed by atoms with Crippen LogP contribution in [-0.2, 0) is 10.2 Å². The molecule has 4 saturated heterocycles. The van der Waals surface area contributed by atoms with Crippen LogP contribution in [-0.4, -0.2) is 86.1 Å². The molecule has 0 saturated carbocycles. The first-order valence-corrected chi connectivity index (χ1v) is 23.3. The fraction of sp³-hybridized carbons (Fsp3) is 0.431. The number of hydrogen-bond donors (Lipinski definition) is 3. The molecule has 6 aromatic rings. The van der Waals surface area contributed by atoms with Crippen molar-refractivity contribution < 1.29 is 18.9 Å². The maximum absolute atomic E-state index is 13.0. The SMILES string of the molecule is Cc1cc(-c2ncnc3[nH]c(-c4ccc(C5CC6CCC(C5)N6CC5CCN(c6ccc(N7CCC(=O)NC7=O)cc6)CC5)cc4)cc23)ccc1C(C)NC(=O)c1nc(C(C)(C)C)no1. The number of fused-ring (bicyclic) bond motifs is 3. The summed E-state index contributed by atoms with van der Waals surface area (Å²) in [4.78, 5) is 61.0. The number of carbonyl (C=O) groups excluding carboxylic acids is 3. The van der Waals surface area contributed by atoms with Crippen LogP contribution in [0, 0.1) is 12.8 Å². The highest BCUT2D eigenvalue weighted by molar-refractivity contribution is 6.05. The van der Waals surface area contributed by atoms with Crippen molar-refractivity contribution in [1.82, 2.24) is 40.6 Å². The lowest BCUT2D eigenvalue weighted by Gasteiger charge is -2.43. The Kier molecular flexibility index (Phi) is 11.2. The van der Waals surface area contributed by atoms with Crippen molar-refractivity contribution in [3.05, 3.63) is 108 Å². The predicted octanol–water partition coefficient (Wildman–Crippen LogP) is 8.85. The Morgan fingerprint density at radius 3 is 2.26 bits per heavy atom. The highest BCUT2D eigenvalue weighted by atomic mass is 16.5. The Labute approximate surface area is 379 Å². The molecule has 3 unspecified atom stereocenters. The molecule has 4 amide bonds. The van der Waals surface area contributed by atoms with E-state index in [1.165, 1.54) is 56.3 Å². The van der Waals surface area contributed by atoms with Gasteiger partial charge in [-0.25, -0.2) is 14.8 Å². The van der Waals surface area contributed by atoms with E-state index in [-0.39, 0.29) is 29.3 Å². The van der Waals surface area contributed by atoms with Crippen molar-refractivity contribution in [3.63, 3.8) is 0 Å². The summed E-state index contributed by atoms with van der Waals surface area (Å²) in [6.07, 6.45) is 9.35. The summed E-state index contributed by atoms with van der Waals surface area (Å²) in [7, 11) is 0. The molecule has 4 aliphatic heterocycles. The van der Waals surface area contributed by atoms with Crippen LogP contribution in [0.3, 0.4) is 0 Å². The highest BCUT2D eigenvalue weighted by Crippen LogP contribution is 2.44. The van der Waals surface area contributed by atoms with Gasteiger partial charge in [0.05, 0.1) is 11.7 Å². The molecule has 3 aromatic heterocycles. The minimum atomic E-state index is -0.401. The Bertz CT molecular complexity index is 2720. The Morgan fingerprint density at radius 1 is 0.877 bits per heavy atom. The van der Waals surface area contributed by atoms with Crippen LogP contribution in [0.25, 0.3) is 33.5 Å². The number of nitrogens with one attached hydrogen (secondary N) is 3. The first-order valence-electron chi connectivity index (χ1n) is 23.3. The number of rotatable bonds is 10. The summed E-state index contributed by atoms with van der Waals surface area (Å²) < 4.78 is 5.26. The summed E-state index contributed by atoms with van der Waals surface area (Å²) in [6.45, 7) is 13.6. The van der Waals surface area contributed by atoms with Crippen LogP contribution in [0.4, 0.5) is 16.2 Å². The second-order valence-corrected chi connectivity index (χ2v) is 19.7. The van der Waals surface area contributed by atoms with Gasteiger partial charge in [0.15, 0.2) is 5.82 Å². The van der Waals surface area contributed by atoms with Gasteiger partial charge in [0, 0.05) is 78.1 Å². The van der Waals surface area contributed by atoms with Crippen LogP contribution in [0.1, 0.15) is 118 Å². The normalized spacial score (nSPS) is 21.2. The van der Waals surface area contributed by atoms with E-state index in [0.29, 0.717) is 42.7 Å². The van der Waals surface area contributed by atoms with Gasteiger partial charge in [0.1, 0.15) is 12.0 Å². The lowest BCUT2D eigenvalue weighted by Crippen LogP contribution is -2.49. The highest BCUT2D eigenvalue weighted by Gasteiger charge is 2.42. The number of aromatic nitrogens is 5. The summed E-state index contributed by atoms with van der Waals surface area (Å²) in [6, 6.07) is 26.4. The van der Waals surface area contributed by atoms with Gasteiger partial charge in [0.2, 0.25) is 5.91 Å². The molecule has 0 radical (unpaired) electrons. The zero-order valence-electron chi connectivity index (χ0n) is 37.9. The van der Waals surface area contributed by atoms with Crippen molar-refractivity contribution in [2.45, 2.75) is 109 Å². The molecule has 7 heterocycles. The first kappa shape index (κ1) is 42.5. The summed E-state index contributed by atoms with van der Waals surface area (Å²) >= 11 is 0. The molecule has 336 valence electrons. The number of imide groups is 1. The van der Waals surface area contributed by atoms with Gasteiger partial charge in [-0.3, -0.25) is 24.7 Å². The number of H-pyrrole nitrogens is 1. The molecule has 2 bridgehead atoms. The summed E-state index contributed by atoms with van der Waals surface area (Å²) in [5, 5.41) is 10.4. The van der Waals surface area contributed by atoms with Crippen LogP contribution >= 0.6 is 0 Å². The monoisotopic (exact) mass is 874 g/mol. The van der Waals surface area contributed by atoms with E-state index in [1.807, 2.05) is 58.9 Å². The van der Waals surface area contributed by atoms with Gasteiger partial charge >= 0.3 is 17.8 Å². The van der Waals surface area contributed by atoms with E-state index in [4.69, 9.17) is 9.51 Å². The van der Waals surface area contributed by atoms with Gasteiger partial charge in [-0.05, 0) is 123 Å². The molecule has 65 heavy (non-hydrogen) atoms. The number of aryl methyl sites for hydroxylation is 1. The smallest absolute Gasteiger partial charge is 0.328 e. The van der Waals surface area contributed by atoms with Crippen molar-refractivity contribution >= 4 is 40.3 Å². The van der Waals surface area contributed by atoms with Gasteiger partial charge in [-0.1, -0.05) is 62.3 Å². The molecule has 4 aliphatic rings. The van der Waals surface area contributed by atoms with E-state index in [0.717, 1.165) is 63.5 Å². The molecule has 0 aliphatic carbocycles. The molecule has 14 nitrogen and oxygen atoms in total. The number of piperidine rings is 2. The average molecular weight is 875 g/mol. The van der Waals surface area contributed by atoms with Crippen molar-refractivity contribution in [1.29, 1.82) is 0 Å². The predicted molar refractivity (Wildman–Crippen MR) is 251 cm³/mol. The van der Waals surface area contributed by atoms with E-state index < -0.39 is 5.91 Å². The minimum Gasteiger partial charge on any atom is -0.372 e. The molecule has 10 rings (SSSR count). The molecule has 0 spiro atoms. The molecule has 3 aromatic carbocycles. The number of benzene rings is 3. The third-order valence-corrected chi connectivity index (χ3v) is 14.3. The van der Waals surface area contributed by atoms with E-state index >= 15 is 0 Å². The lowest BCUT2D eigenvalue weighted by atomic mass is 9.83. The molecule has 4 fully saturated rings. The zero-order chi connectivity index (χ0) is 45.0. The van der Waals surface area contributed by atoms with E-state index in [2.05, 4.69) is 89.1 Å². The maximum atomic E-state index is 13.0. The third-order valence-electron chi connectivity index (χ3n) is 14.3. The van der Waals surface area contributed by atoms with Crippen LogP contribution in [0.2, 0.25) is 0 Å². The van der Waals surface area contributed by atoms with E-state index in [9.17, 15) is 14.4 Å². The largest absolute Gasteiger partial charge is 0.372 e. The molecule has 3 atom stereocenters. The maximum Gasteiger partial charge on any atom is 0.328 e. The standard InChI is InChI=1S/C51H58N10O4/c1-30-24-35(10-17-41(30)31(2)54-47(63)48-57-49(58-65-48)51(3,4)5)45-42-27-43(55-46(42)53-29-52-45)34-8-6-33(7-9-34)36-25-39-15-16-40(26-36)61(39)28-32-18-21-59(22-19-32)37-11-13-38(14-12-37)60-23-20-44(62)56-50(60)64/h6-14,17,24,27,29,31-32,36,39-40H,15-16,18-23,25-26,28H2,1-5H3,(H,54,63)(H,52,53,55)(H,56,62,64). The van der Waals surface area contributed by atoms with Crippen LogP contribution < -0.4 is 20.4 Å². The summed E-state index contributed by atoms with van der Waals surface area (Å²) in [5.74, 6) is 1.11. The molecule has 14 heteroatoms. The summed E-state index contributed by atoms with van der Waals surface area (Å²) in [5.41, 5.74) is 9.91. The second-order valence-electron chi connectivity index (χ2n) is 19.7. The number of carbonyl (C=O) groups is 3. The van der Waals surface area contributed by atoms with E-state index in [1.54, 1.807) is 11.2 Å². The second kappa shape index (κ2) is 17.2. The van der Waals surface area contributed by atoms with Gasteiger partial charge in [-0.15, -0.1) is 0 Å². The number of anilines is 2. The van der Waals surface area contributed by atoms with Crippen LogP contribution in [0.5, 0.6) is 0 Å². The quantitative estimate of drug-likeness (QED) is 0.121. The van der Waals surface area contributed by atoms with Crippen LogP contribution in [0.15, 0.2) is 83.6 Å². The number of hydrogen-bond acceptors (Lipinski definition) is 10. The molecular formula is C51H58N10O4. The third kappa shape index (κ3) is 8.63. The number of amides is 4. The number of nitrogens with zero attached hydrogens (tertiary/aromatic N) is 7. The Morgan fingerprint density at radius 2 is 1.58 bits per heavy atom. The minimum absolute atomic E-state index is 0.0414. The number of urea groups is 1. The van der Waals surface area contributed by atoms with Gasteiger partial charge < -0.3 is 19.7 Å².